The molecule has 1 atom stereocenters. The van der Waals surface area contributed by atoms with Crippen LogP contribution < -0.4 is 15.8 Å². The maximum Gasteiger partial charge on any atom is 0.188 e. The highest BCUT2D eigenvalue weighted by Crippen LogP contribution is 2.26. The maximum atomic E-state index is 6.16. The van der Waals surface area contributed by atoms with E-state index in [1.54, 1.807) is 7.11 Å². The van der Waals surface area contributed by atoms with Crippen molar-refractivity contribution in [3.05, 3.63) is 29.8 Å². The van der Waals surface area contributed by atoms with Crippen LogP contribution in [0.25, 0.3) is 0 Å². The first-order valence-electron chi connectivity index (χ1n) is 9.70. The molecule has 2 fully saturated rings. The predicted octanol–water partition coefficient (Wildman–Crippen LogP) is 3.07. The number of nitrogens with zero attached hydrogens (tertiary/aromatic N) is 2. The SMILES string of the molecule is COc1ccc([C@@H](CN=C(N)NC2CCCC2)N2CCCCC2)cc1. The van der Waals surface area contributed by atoms with Gasteiger partial charge in [0.15, 0.2) is 5.96 Å². The third-order valence-electron chi connectivity index (χ3n) is 5.47. The van der Waals surface area contributed by atoms with Crippen LogP contribution in [-0.4, -0.2) is 43.6 Å². The van der Waals surface area contributed by atoms with Gasteiger partial charge in [-0.2, -0.15) is 0 Å². The number of benzene rings is 1. The number of methoxy groups -OCH3 is 1. The second-order valence-electron chi connectivity index (χ2n) is 7.24. The summed E-state index contributed by atoms with van der Waals surface area (Å²) in [4.78, 5) is 7.25. The monoisotopic (exact) mass is 344 g/mol. The molecule has 1 aromatic carbocycles. The molecule has 1 saturated heterocycles. The third kappa shape index (κ3) is 5.11. The van der Waals surface area contributed by atoms with Crippen LogP contribution in [0.5, 0.6) is 5.75 Å². The second-order valence-corrected chi connectivity index (χ2v) is 7.24. The van der Waals surface area contributed by atoms with Gasteiger partial charge in [0.1, 0.15) is 5.75 Å². The number of hydrogen-bond donors (Lipinski definition) is 2. The highest BCUT2D eigenvalue weighted by molar-refractivity contribution is 5.78. The zero-order valence-electron chi connectivity index (χ0n) is 15.4. The maximum absolute atomic E-state index is 6.16. The van der Waals surface area contributed by atoms with Gasteiger partial charge >= 0.3 is 0 Å². The van der Waals surface area contributed by atoms with E-state index in [0.29, 0.717) is 18.5 Å². The van der Waals surface area contributed by atoms with E-state index in [0.717, 1.165) is 18.8 Å². The molecule has 0 bridgehead atoms. The quantitative estimate of drug-likeness (QED) is 0.615. The molecular formula is C20H32N4O. The van der Waals surface area contributed by atoms with Gasteiger partial charge in [-0.05, 0) is 56.5 Å². The summed E-state index contributed by atoms with van der Waals surface area (Å²) in [5.74, 6) is 1.49. The van der Waals surface area contributed by atoms with E-state index in [2.05, 4.69) is 22.3 Å². The molecule has 0 aromatic heterocycles. The van der Waals surface area contributed by atoms with E-state index in [9.17, 15) is 0 Å². The summed E-state index contributed by atoms with van der Waals surface area (Å²) >= 11 is 0. The van der Waals surface area contributed by atoms with Crippen molar-refractivity contribution in [2.75, 3.05) is 26.7 Å². The molecule has 0 spiro atoms. The lowest BCUT2D eigenvalue weighted by atomic mass is 10.0. The average Bonchev–Trinajstić information content (AvgIpc) is 3.16. The number of piperidine rings is 1. The molecule has 5 nitrogen and oxygen atoms in total. The molecule has 2 aliphatic rings. The summed E-state index contributed by atoms with van der Waals surface area (Å²) in [5.41, 5.74) is 7.45. The van der Waals surface area contributed by atoms with Crippen LogP contribution in [0.4, 0.5) is 0 Å². The molecule has 1 heterocycles. The van der Waals surface area contributed by atoms with E-state index in [4.69, 9.17) is 15.5 Å². The Morgan fingerprint density at radius 3 is 2.48 bits per heavy atom. The zero-order valence-corrected chi connectivity index (χ0v) is 15.4. The molecule has 1 aliphatic carbocycles. The van der Waals surface area contributed by atoms with Gasteiger partial charge in [-0.15, -0.1) is 0 Å². The van der Waals surface area contributed by atoms with Crippen molar-refractivity contribution in [3.8, 4) is 5.75 Å². The molecule has 25 heavy (non-hydrogen) atoms. The summed E-state index contributed by atoms with van der Waals surface area (Å²) in [6.45, 7) is 2.99. The summed E-state index contributed by atoms with van der Waals surface area (Å²) in [5, 5.41) is 3.40. The summed E-state index contributed by atoms with van der Waals surface area (Å²) in [6, 6.07) is 9.20. The molecule has 0 amide bonds. The number of likely N-dealkylation sites (tertiary alicyclic amines) is 1. The standard InChI is InChI=1S/C20H32N4O/c1-25-18-11-9-16(10-12-18)19(24-13-5-2-6-14-24)15-22-20(21)23-17-7-3-4-8-17/h9-12,17,19H,2-8,13-15H2,1H3,(H3,21,22,23)/t19-/m1/s1. The Kier molecular flexibility index (Phi) is 6.56. The average molecular weight is 345 g/mol. The van der Waals surface area contributed by atoms with E-state index in [-0.39, 0.29) is 6.04 Å². The Hall–Kier alpha value is -1.75. The molecular weight excluding hydrogens is 312 g/mol. The molecule has 0 radical (unpaired) electrons. The zero-order chi connectivity index (χ0) is 17.5. The van der Waals surface area contributed by atoms with Gasteiger partial charge in [0.05, 0.1) is 19.7 Å². The number of hydrogen-bond acceptors (Lipinski definition) is 3. The number of rotatable bonds is 6. The number of nitrogens with two attached hydrogens (primary N) is 1. The number of ether oxygens (including phenoxy) is 1. The van der Waals surface area contributed by atoms with Gasteiger partial charge in [0.2, 0.25) is 0 Å². The van der Waals surface area contributed by atoms with Gasteiger partial charge in [0.25, 0.3) is 0 Å². The lowest BCUT2D eigenvalue weighted by Gasteiger charge is -2.34. The summed E-state index contributed by atoms with van der Waals surface area (Å²) < 4.78 is 5.30. The van der Waals surface area contributed by atoms with Gasteiger partial charge < -0.3 is 15.8 Å². The molecule has 3 rings (SSSR count). The summed E-state index contributed by atoms with van der Waals surface area (Å²) in [7, 11) is 1.71. The van der Waals surface area contributed by atoms with Crippen molar-refractivity contribution in [1.29, 1.82) is 0 Å². The largest absolute Gasteiger partial charge is 0.497 e. The first-order chi connectivity index (χ1) is 12.3. The van der Waals surface area contributed by atoms with Crippen molar-refractivity contribution in [1.82, 2.24) is 10.2 Å². The number of nitrogens with one attached hydrogen (secondary N) is 1. The van der Waals surface area contributed by atoms with Crippen LogP contribution in [0.2, 0.25) is 0 Å². The van der Waals surface area contributed by atoms with Crippen LogP contribution in [0, 0.1) is 0 Å². The van der Waals surface area contributed by atoms with E-state index in [1.165, 1.54) is 50.5 Å². The third-order valence-corrected chi connectivity index (χ3v) is 5.47. The first kappa shape index (κ1) is 18.1. The van der Waals surface area contributed by atoms with Crippen molar-refractivity contribution in [2.24, 2.45) is 10.7 Å². The second kappa shape index (κ2) is 9.09. The Bertz CT molecular complexity index is 545. The van der Waals surface area contributed by atoms with Crippen LogP contribution in [0.3, 0.4) is 0 Å². The summed E-state index contributed by atoms with van der Waals surface area (Å²) in [6.07, 6.45) is 8.90. The van der Waals surface area contributed by atoms with Crippen LogP contribution in [-0.2, 0) is 0 Å². The lowest BCUT2D eigenvalue weighted by Crippen LogP contribution is -2.40. The lowest BCUT2D eigenvalue weighted by molar-refractivity contribution is 0.167. The van der Waals surface area contributed by atoms with E-state index < -0.39 is 0 Å². The smallest absolute Gasteiger partial charge is 0.188 e. The molecule has 1 aromatic rings. The molecule has 1 aliphatic heterocycles. The highest BCUT2D eigenvalue weighted by atomic mass is 16.5. The van der Waals surface area contributed by atoms with Crippen molar-refractivity contribution >= 4 is 5.96 Å². The first-order valence-corrected chi connectivity index (χ1v) is 9.70. The Morgan fingerprint density at radius 1 is 1.16 bits per heavy atom. The van der Waals surface area contributed by atoms with Crippen LogP contribution >= 0.6 is 0 Å². The predicted molar refractivity (Wildman–Crippen MR) is 103 cm³/mol. The Morgan fingerprint density at radius 2 is 1.84 bits per heavy atom. The molecule has 0 unspecified atom stereocenters. The highest BCUT2D eigenvalue weighted by Gasteiger charge is 2.22. The van der Waals surface area contributed by atoms with E-state index >= 15 is 0 Å². The topological polar surface area (TPSA) is 62.9 Å². The van der Waals surface area contributed by atoms with Gasteiger partial charge in [0, 0.05) is 6.04 Å². The van der Waals surface area contributed by atoms with Gasteiger partial charge in [-0.25, -0.2) is 0 Å². The van der Waals surface area contributed by atoms with Crippen molar-refractivity contribution in [3.63, 3.8) is 0 Å². The van der Waals surface area contributed by atoms with Gasteiger partial charge in [-0.3, -0.25) is 9.89 Å². The fourth-order valence-electron chi connectivity index (χ4n) is 4.00. The molecule has 5 heteroatoms. The minimum absolute atomic E-state index is 0.287. The fourth-order valence-corrected chi connectivity index (χ4v) is 4.00. The number of aliphatic imine (C=N–C) groups is 1. The van der Waals surface area contributed by atoms with Crippen molar-refractivity contribution in [2.45, 2.75) is 57.0 Å². The molecule has 138 valence electrons. The van der Waals surface area contributed by atoms with Crippen molar-refractivity contribution < 1.29 is 4.74 Å². The minimum atomic E-state index is 0.287. The Labute approximate surface area is 151 Å². The Balaban J connectivity index is 1.68. The van der Waals surface area contributed by atoms with Crippen LogP contribution in [0.1, 0.15) is 56.6 Å². The van der Waals surface area contributed by atoms with Gasteiger partial charge in [-0.1, -0.05) is 31.4 Å². The van der Waals surface area contributed by atoms with Crippen LogP contribution in [0.15, 0.2) is 29.3 Å². The minimum Gasteiger partial charge on any atom is -0.497 e. The normalized spacial score (nSPS) is 21.2. The fraction of sp³-hybridized carbons (Fsp3) is 0.650. The number of guanidine groups is 1. The molecule has 3 N–H and O–H groups in total. The van der Waals surface area contributed by atoms with E-state index in [1.807, 2.05) is 12.1 Å². The molecule has 1 saturated carbocycles.